The highest BCUT2D eigenvalue weighted by atomic mass is 19.1. The Labute approximate surface area is 105 Å². The molecule has 0 radical (unpaired) electrons. The lowest BCUT2D eigenvalue weighted by atomic mass is 10.1. The Bertz CT molecular complexity index is 533. The molecule has 0 saturated carbocycles. The fourth-order valence-electron chi connectivity index (χ4n) is 1.65. The molecule has 4 nitrogen and oxygen atoms in total. The van der Waals surface area contributed by atoms with Gasteiger partial charge < -0.3 is 10.1 Å². The summed E-state index contributed by atoms with van der Waals surface area (Å²) in [4.78, 5) is 7.91. The number of hydrogen-bond acceptors (Lipinski definition) is 4. The maximum absolute atomic E-state index is 13.1. The normalized spacial score (nSPS) is 11.9. The van der Waals surface area contributed by atoms with Crippen LogP contribution < -0.4 is 10.1 Å². The second kappa shape index (κ2) is 5.44. The van der Waals surface area contributed by atoms with E-state index in [4.69, 9.17) is 4.74 Å². The van der Waals surface area contributed by atoms with Crippen molar-refractivity contribution in [2.45, 2.75) is 13.0 Å². The van der Waals surface area contributed by atoms with E-state index in [9.17, 15) is 4.39 Å². The van der Waals surface area contributed by atoms with Crippen LogP contribution in [0.5, 0.6) is 5.88 Å². The molecule has 1 atom stereocenters. The van der Waals surface area contributed by atoms with Gasteiger partial charge in [0.25, 0.3) is 0 Å². The average Bonchev–Trinajstić information content (AvgIpc) is 2.39. The molecule has 0 aromatic carbocycles. The zero-order valence-corrected chi connectivity index (χ0v) is 10.2. The molecule has 0 aliphatic heterocycles. The third-order valence-electron chi connectivity index (χ3n) is 2.56. The molecule has 0 spiro atoms. The van der Waals surface area contributed by atoms with Crippen molar-refractivity contribution in [3.05, 3.63) is 48.2 Å². The summed E-state index contributed by atoms with van der Waals surface area (Å²) in [6, 6.07) is 5.02. The SMILES string of the molecule is COc1ncccc1NC(C)c1cncc(F)c1. The van der Waals surface area contributed by atoms with Crippen molar-refractivity contribution in [1.82, 2.24) is 9.97 Å². The number of halogens is 1. The number of anilines is 1. The number of nitrogens with one attached hydrogen (secondary N) is 1. The summed E-state index contributed by atoms with van der Waals surface area (Å²) in [7, 11) is 1.56. The molecule has 2 heterocycles. The number of rotatable bonds is 4. The summed E-state index contributed by atoms with van der Waals surface area (Å²) in [6.45, 7) is 1.92. The maximum Gasteiger partial charge on any atom is 0.237 e. The number of aromatic nitrogens is 2. The van der Waals surface area contributed by atoms with E-state index in [1.54, 1.807) is 25.6 Å². The van der Waals surface area contributed by atoms with Crippen molar-refractivity contribution in [1.29, 1.82) is 0 Å². The number of methoxy groups -OCH3 is 1. The zero-order valence-electron chi connectivity index (χ0n) is 10.2. The molecular formula is C13H14FN3O. The standard InChI is InChI=1S/C13H14FN3O/c1-9(10-6-11(14)8-15-7-10)17-12-4-3-5-16-13(12)18-2/h3-9,17H,1-2H3. The smallest absolute Gasteiger partial charge is 0.237 e. The third kappa shape index (κ3) is 2.74. The largest absolute Gasteiger partial charge is 0.480 e. The van der Waals surface area contributed by atoms with Crippen molar-refractivity contribution < 1.29 is 9.13 Å². The van der Waals surface area contributed by atoms with Crippen LogP contribution in [0.3, 0.4) is 0 Å². The van der Waals surface area contributed by atoms with E-state index in [2.05, 4.69) is 15.3 Å². The molecule has 0 amide bonds. The Morgan fingerprint density at radius 1 is 1.39 bits per heavy atom. The van der Waals surface area contributed by atoms with Crippen LogP contribution >= 0.6 is 0 Å². The molecule has 1 N–H and O–H groups in total. The van der Waals surface area contributed by atoms with E-state index in [1.165, 1.54) is 12.3 Å². The molecule has 0 fully saturated rings. The van der Waals surface area contributed by atoms with E-state index in [0.717, 1.165) is 11.3 Å². The first-order valence-electron chi connectivity index (χ1n) is 5.56. The third-order valence-corrected chi connectivity index (χ3v) is 2.56. The van der Waals surface area contributed by atoms with E-state index < -0.39 is 0 Å². The van der Waals surface area contributed by atoms with Crippen LogP contribution in [0.15, 0.2) is 36.8 Å². The van der Waals surface area contributed by atoms with Gasteiger partial charge in [0, 0.05) is 12.4 Å². The zero-order chi connectivity index (χ0) is 13.0. The van der Waals surface area contributed by atoms with Crippen LogP contribution in [0.4, 0.5) is 10.1 Å². The van der Waals surface area contributed by atoms with Gasteiger partial charge in [-0.05, 0) is 30.7 Å². The van der Waals surface area contributed by atoms with Gasteiger partial charge >= 0.3 is 0 Å². The number of hydrogen-bond donors (Lipinski definition) is 1. The Morgan fingerprint density at radius 2 is 2.22 bits per heavy atom. The minimum Gasteiger partial charge on any atom is -0.480 e. The fraction of sp³-hybridized carbons (Fsp3) is 0.231. The van der Waals surface area contributed by atoms with Gasteiger partial charge in [-0.25, -0.2) is 9.37 Å². The minimum absolute atomic E-state index is 0.0914. The lowest BCUT2D eigenvalue weighted by molar-refractivity contribution is 0.399. The van der Waals surface area contributed by atoms with Crippen molar-refractivity contribution in [2.24, 2.45) is 0 Å². The van der Waals surface area contributed by atoms with Gasteiger partial charge in [0.1, 0.15) is 5.82 Å². The molecule has 5 heteroatoms. The van der Waals surface area contributed by atoms with E-state index in [1.807, 2.05) is 13.0 Å². The van der Waals surface area contributed by atoms with Gasteiger partial charge in [0.2, 0.25) is 5.88 Å². The molecule has 2 aromatic rings. The minimum atomic E-state index is -0.348. The average molecular weight is 247 g/mol. The highest BCUT2D eigenvalue weighted by Crippen LogP contribution is 2.25. The van der Waals surface area contributed by atoms with Crippen molar-refractivity contribution in [2.75, 3.05) is 12.4 Å². The van der Waals surface area contributed by atoms with Gasteiger partial charge in [-0.2, -0.15) is 0 Å². The van der Waals surface area contributed by atoms with Crippen LogP contribution in [0.25, 0.3) is 0 Å². The summed E-state index contributed by atoms with van der Waals surface area (Å²) in [6.07, 6.45) is 4.46. The van der Waals surface area contributed by atoms with Gasteiger partial charge in [0.15, 0.2) is 0 Å². The number of pyridine rings is 2. The molecule has 0 saturated heterocycles. The Morgan fingerprint density at radius 3 is 2.94 bits per heavy atom. The fourth-order valence-corrected chi connectivity index (χ4v) is 1.65. The van der Waals surface area contributed by atoms with Crippen LogP contribution in [0.1, 0.15) is 18.5 Å². The lowest BCUT2D eigenvalue weighted by Gasteiger charge is -2.16. The molecule has 2 aromatic heterocycles. The van der Waals surface area contributed by atoms with Crippen molar-refractivity contribution in [3.8, 4) is 5.88 Å². The molecular weight excluding hydrogens is 233 g/mol. The van der Waals surface area contributed by atoms with Gasteiger partial charge in [-0.15, -0.1) is 0 Å². The van der Waals surface area contributed by atoms with Gasteiger partial charge in [-0.1, -0.05) is 0 Å². The summed E-state index contributed by atoms with van der Waals surface area (Å²) in [5.41, 5.74) is 1.53. The second-order valence-electron chi connectivity index (χ2n) is 3.86. The first-order chi connectivity index (χ1) is 8.70. The van der Waals surface area contributed by atoms with Crippen LogP contribution in [0.2, 0.25) is 0 Å². The molecule has 0 aliphatic carbocycles. The lowest BCUT2D eigenvalue weighted by Crippen LogP contribution is -2.08. The predicted octanol–water partition coefficient (Wildman–Crippen LogP) is 2.80. The molecule has 1 unspecified atom stereocenters. The van der Waals surface area contributed by atoms with E-state index in [-0.39, 0.29) is 11.9 Å². The van der Waals surface area contributed by atoms with Crippen molar-refractivity contribution in [3.63, 3.8) is 0 Å². The maximum atomic E-state index is 13.1. The van der Waals surface area contributed by atoms with E-state index in [0.29, 0.717) is 5.88 Å². The second-order valence-corrected chi connectivity index (χ2v) is 3.86. The highest BCUT2D eigenvalue weighted by molar-refractivity contribution is 5.53. The van der Waals surface area contributed by atoms with Crippen molar-refractivity contribution >= 4 is 5.69 Å². The number of ether oxygens (including phenoxy) is 1. The topological polar surface area (TPSA) is 47.0 Å². The first-order valence-corrected chi connectivity index (χ1v) is 5.56. The molecule has 94 valence electrons. The predicted molar refractivity (Wildman–Crippen MR) is 67.0 cm³/mol. The summed E-state index contributed by atoms with van der Waals surface area (Å²) >= 11 is 0. The summed E-state index contributed by atoms with van der Waals surface area (Å²) in [5.74, 6) is 0.160. The van der Waals surface area contributed by atoms with E-state index >= 15 is 0 Å². The Balaban J connectivity index is 2.18. The molecule has 2 rings (SSSR count). The van der Waals surface area contributed by atoms with Crippen LogP contribution in [0, 0.1) is 5.82 Å². The summed E-state index contributed by atoms with van der Waals surface area (Å²) in [5, 5.41) is 3.21. The number of nitrogens with zero attached hydrogens (tertiary/aromatic N) is 2. The van der Waals surface area contributed by atoms with Gasteiger partial charge in [0.05, 0.1) is 25.0 Å². The van der Waals surface area contributed by atoms with Gasteiger partial charge in [-0.3, -0.25) is 4.98 Å². The molecule has 0 bridgehead atoms. The molecule has 18 heavy (non-hydrogen) atoms. The summed E-state index contributed by atoms with van der Waals surface area (Å²) < 4.78 is 18.2. The Hall–Kier alpha value is -2.17. The molecule has 0 aliphatic rings. The highest BCUT2D eigenvalue weighted by Gasteiger charge is 2.10. The Kier molecular flexibility index (Phi) is 3.72. The van der Waals surface area contributed by atoms with Crippen LogP contribution in [-0.2, 0) is 0 Å². The monoisotopic (exact) mass is 247 g/mol. The van der Waals surface area contributed by atoms with Crippen LogP contribution in [-0.4, -0.2) is 17.1 Å². The quantitative estimate of drug-likeness (QED) is 0.902. The first kappa shape index (κ1) is 12.3.